The van der Waals surface area contributed by atoms with E-state index in [0.717, 1.165) is 16.3 Å². The van der Waals surface area contributed by atoms with Gasteiger partial charge in [0, 0.05) is 16.2 Å². The van der Waals surface area contributed by atoms with Crippen molar-refractivity contribution in [2.45, 2.75) is 91.5 Å². The first kappa shape index (κ1) is 21.5. The first-order valence-corrected chi connectivity index (χ1v) is 11.0. The molecule has 1 N–H and O–H groups in total. The molecule has 0 spiro atoms. The van der Waals surface area contributed by atoms with Gasteiger partial charge in [0.15, 0.2) is 0 Å². The largest absolute Gasteiger partial charge is 0.382 e. The average Bonchev–Trinajstić information content (AvgIpc) is 2.60. The molecule has 0 bridgehead atoms. The van der Waals surface area contributed by atoms with Crippen LogP contribution in [0.2, 0.25) is 0 Å². The van der Waals surface area contributed by atoms with Crippen molar-refractivity contribution in [1.82, 2.24) is 0 Å². The van der Waals surface area contributed by atoms with Gasteiger partial charge in [0.05, 0.1) is 0 Å². The Morgan fingerprint density at radius 1 is 0.875 bits per heavy atom. The lowest BCUT2D eigenvalue weighted by molar-refractivity contribution is 0.310. The van der Waals surface area contributed by atoms with Crippen LogP contribution in [0.4, 0.5) is 5.69 Å². The lowest BCUT2D eigenvalue weighted by Crippen LogP contribution is -2.31. The van der Waals surface area contributed by atoms with E-state index < -0.39 is 0 Å². The van der Waals surface area contributed by atoms with E-state index in [4.69, 9.17) is 0 Å². The Kier molecular flexibility index (Phi) is 11.5. The van der Waals surface area contributed by atoms with Gasteiger partial charge in [-0.15, -0.1) is 0 Å². The normalized spacial score (nSPS) is 15.0. The molecular formula is C22H38BrN. The van der Waals surface area contributed by atoms with Gasteiger partial charge in [-0.1, -0.05) is 88.6 Å². The predicted molar refractivity (Wildman–Crippen MR) is 113 cm³/mol. The predicted octanol–water partition coefficient (Wildman–Crippen LogP) is 8.05. The summed E-state index contributed by atoms with van der Waals surface area (Å²) in [6.45, 7) is 9.34. The van der Waals surface area contributed by atoms with Crippen LogP contribution in [-0.2, 0) is 0 Å². The first-order valence-electron chi connectivity index (χ1n) is 10.2. The Balaban J connectivity index is 2.81. The van der Waals surface area contributed by atoms with Crippen molar-refractivity contribution in [2.75, 3.05) is 5.32 Å². The molecule has 3 unspecified atom stereocenters. The number of halogens is 1. The van der Waals surface area contributed by atoms with E-state index >= 15 is 0 Å². The molecule has 0 aliphatic rings. The summed E-state index contributed by atoms with van der Waals surface area (Å²) in [7, 11) is 0. The fourth-order valence-corrected chi connectivity index (χ4v) is 3.89. The van der Waals surface area contributed by atoms with Crippen LogP contribution >= 0.6 is 15.9 Å². The highest BCUT2D eigenvalue weighted by molar-refractivity contribution is 9.10. The number of hydrogen-bond donors (Lipinski definition) is 1. The van der Waals surface area contributed by atoms with Crippen LogP contribution < -0.4 is 5.32 Å². The van der Waals surface area contributed by atoms with E-state index in [-0.39, 0.29) is 0 Å². The van der Waals surface area contributed by atoms with E-state index in [0.29, 0.717) is 6.04 Å². The van der Waals surface area contributed by atoms with Crippen LogP contribution in [0.5, 0.6) is 0 Å². The monoisotopic (exact) mass is 395 g/mol. The second-order valence-electron chi connectivity index (χ2n) is 7.22. The Morgan fingerprint density at radius 3 is 2.04 bits per heavy atom. The van der Waals surface area contributed by atoms with Crippen molar-refractivity contribution in [3.8, 4) is 0 Å². The van der Waals surface area contributed by atoms with Gasteiger partial charge < -0.3 is 5.32 Å². The second kappa shape index (κ2) is 12.8. The van der Waals surface area contributed by atoms with Crippen LogP contribution in [0.1, 0.15) is 85.5 Å². The summed E-state index contributed by atoms with van der Waals surface area (Å²) in [5.74, 6) is 1.64. The molecule has 1 aromatic carbocycles. The minimum absolute atomic E-state index is 0.601. The molecule has 3 atom stereocenters. The number of hydrogen-bond acceptors (Lipinski definition) is 1. The van der Waals surface area contributed by atoms with Crippen molar-refractivity contribution < 1.29 is 0 Å². The minimum Gasteiger partial charge on any atom is -0.382 e. The van der Waals surface area contributed by atoms with Crippen molar-refractivity contribution in [2.24, 2.45) is 11.8 Å². The Morgan fingerprint density at radius 2 is 1.50 bits per heavy atom. The summed E-state index contributed by atoms with van der Waals surface area (Å²) >= 11 is 3.54. The molecule has 0 fully saturated rings. The van der Waals surface area contributed by atoms with Gasteiger partial charge in [-0.2, -0.15) is 0 Å². The fourth-order valence-electron chi connectivity index (χ4n) is 3.63. The maximum Gasteiger partial charge on any atom is 0.0343 e. The lowest BCUT2D eigenvalue weighted by atomic mass is 9.83. The van der Waals surface area contributed by atoms with Gasteiger partial charge in [-0.25, -0.2) is 0 Å². The molecule has 24 heavy (non-hydrogen) atoms. The molecule has 0 aliphatic carbocycles. The zero-order valence-electron chi connectivity index (χ0n) is 16.3. The summed E-state index contributed by atoms with van der Waals surface area (Å²) in [4.78, 5) is 0. The summed E-state index contributed by atoms with van der Waals surface area (Å²) in [5.41, 5.74) is 1.27. The molecule has 2 heteroatoms. The van der Waals surface area contributed by atoms with Crippen LogP contribution in [0, 0.1) is 11.8 Å². The molecule has 0 heterocycles. The maximum atomic E-state index is 3.89. The lowest BCUT2D eigenvalue weighted by Gasteiger charge is -2.31. The fraction of sp³-hybridized carbons (Fsp3) is 0.727. The van der Waals surface area contributed by atoms with Crippen LogP contribution in [-0.4, -0.2) is 6.04 Å². The summed E-state index contributed by atoms with van der Waals surface area (Å²) in [6, 6.07) is 9.29. The molecule has 0 aliphatic heterocycles. The van der Waals surface area contributed by atoms with Crippen molar-refractivity contribution >= 4 is 21.6 Å². The third-order valence-electron chi connectivity index (χ3n) is 5.35. The highest BCUT2D eigenvalue weighted by Crippen LogP contribution is 2.29. The molecule has 0 radical (unpaired) electrons. The van der Waals surface area contributed by atoms with Gasteiger partial charge in [0.1, 0.15) is 0 Å². The van der Waals surface area contributed by atoms with Crippen LogP contribution in [0.15, 0.2) is 28.7 Å². The van der Waals surface area contributed by atoms with Gasteiger partial charge in [-0.05, 0) is 48.9 Å². The third kappa shape index (κ3) is 8.05. The van der Waals surface area contributed by atoms with E-state index in [9.17, 15) is 0 Å². The van der Waals surface area contributed by atoms with E-state index in [1.54, 1.807) is 0 Å². The molecule has 138 valence electrons. The van der Waals surface area contributed by atoms with E-state index in [1.165, 1.54) is 63.5 Å². The quantitative estimate of drug-likeness (QED) is 0.356. The topological polar surface area (TPSA) is 12.0 Å². The Bertz CT molecular complexity index is 414. The van der Waals surface area contributed by atoms with Crippen molar-refractivity contribution in [3.63, 3.8) is 0 Å². The zero-order valence-corrected chi connectivity index (χ0v) is 17.9. The summed E-state index contributed by atoms with van der Waals surface area (Å²) < 4.78 is 1.15. The molecule has 0 saturated carbocycles. The average molecular weight is 396 g/mol. The molecule has 0 aromatic heterocycles. The number of rotatable bonds is 13. The van der Waals surface area contributed by atoms with Gasteiger partial charge in [0.25, 0.3) is 0 Å². The Hall–Kier alpha value is -0.500. The zero-order chi connectivity index (χ0) is 17.8. The molecule has 1 rings (SSSR count). The maximum absolute atomic E-state index is 3.89. The highest BCUT2D eigenvalue weighted by Gasteiger charge is 2.23. The number of unbranched alkanes of at least 4 members (excludes halogenated alkanes) is 2. The molecular weight excluding hydrogens is 358 g/mol. The third-order valence-corrected chi connectivity index (χ3v) is 5.88. The van der Waals surface area contributed by atoms with Gasteiger partial charge in [0.2, 0.25) is 0 Å². The number of benzene rings is 1. The van der Waals surface area contributed by atoms with E-state index in [1.807, 2.05) is 0 Å². The van der Waals surface area contributed by atoms with Crippen molar-refractivity contribution in [3.05, 3.63) is 28.7 Å². The van der Waals surface area contributed by atoms with Gasteiger partial charge >= 0.3 is 0 Å². The smallest absolute Gasteiger partial charge is 0.0343 e. The summed E-state index contributed by atoms with van der Waals surface area (Å²) in [6.07, 6.45) is 12.0. The highest BCUT2D eigenvalue weighted by atomic mass is 79.9. The standard InChI is InChI=1S/C22H38BrN/c1-5-9-11-18(7-3)17-22(19(8-4)12-10-6-2)24-21-15-13-20(23)14-16-21/h13-16,18-19,22,24H,5-12,17H2,1-4H3. The van der Waals surface area contributed by atoms with E-state index in [2.05, 4.69) is 73.2 Å². The summed E-state index contributed by atoms with van der Waals surface area (Å²) in [5, 5.41) is 3.89. The Labute approximate surface area is 159 Å². The van der Waals surface area contributed by atoms with Gasteiger partial charge in [-0.3, -0.25) is 0 Å². The second-order valence-corrected chi connectivity index (χ2v) is 8.14. The van der Waals surface area contributed by atoms with Crippen LogP contribution in [0.25, 0.3) is 0 Å². The number of nitrogens with one attached hydrogen (secondary N) is 1. The molecule has 1 aromatic rings. The number of anilines is 1. The van der Waals surface area contributed by atoms with Crippen molar-refractivity contribution in [1.29, 1.82) is 0 Å². The minimum atomic E-state index is 0.601. The molecule has 0 amide bonds. The molecule has 0 saturated heterocycles. The molecule has 1 nitrogen and oxygen atoms in total. The SMILES string of the molecule is CCCCC(CC)CC(Nc1ccc(Br)cc1)C(CC)CCCC. The van der Waals surface area contributed by atoms with Crippen LogP contribution in [0.3, 0.4) is 0 Å². The first-order chi connectivity index (χ1) is 11.6.